The van der Waals surface area contributed by atoms with E-state index in [1.165, 1.54) is 6.07 Å². The Labute approximate surface area is 91.9 Å². The summed E-state index contributed by atoms with van der Waals surface area (Å²) in [6, 6.07) is 4.65. The first-order chi connectivity index (χ1) is 7.11. The molecule has 15 heavy (non-hydrogen) atoms. The first-order valence-electron chi connectivity index (χ1n) is 4.51. The predicted molar refractivity (Wildman–Crippen MR) is 56.8 cm³/mol. The molecule has 0 aliphatic heterocycles. The van der Waals surface area contributed by atoms with E-state index in [9.17, 15) is 9.18 Å². The lowest BCUT2D eigenvalue weighted by molar-refractivity contribution is -0.137. The second kappa shape index (κ2) is 5.56. The highest BCUT2D eigenvalue weighted by molar-refractivity contribution is 6.31. The third-order valence-electron chi connectivity index (χ3n) is 1.83. The van der Waals surface area contributed by atoms with Gasteiger partial charge in [-0.15, -0.1) is 0 Å². The summed E-state index contributed by atoms with van der Waals surface area (Å²) in [5.74, 6) is -1.36. The Morgan fingerprint density at radius 3 is 2.93 bits per heavy atom. The van der Waals surface area contributed by atoms with E-state index in [0.29, 0.717) is 18.7 Å². The van der Waals surface area contributed by atoms with Gasteiger partial charge in [0.1, 0.15) is 0 Å². The number of halogens is 2. The van der Waals surface area contributed by atoms with Crippen molar-refractivity contribution >= 4 is 23.3 Å². The summed E-state index contributed by atoms with van der Waals surface area (Å²) < 4.78 is 13.3. The molecule has 0 aliphatic carbocycles. The maximum atomic E-state index is 13.3. The van der Waals surface area contributed by atoms with E-state index in [2.05, 4.69) is 5.32 Å². The van der Waals surface area contributed by atoms with Crippen molar-refractivity contribution in [3.8, 4) is 0 Å². The van der Waals surface area contributed by atoms with Crippen LogP contribution in [0.15, 0.2) is 18.2 Å². The zero-order valence-corrected chi connectivity index (χ0v) is 8.72. The number of hydrogen-bond donors (Lipinski definition) is 2. The molecule has 1 aromatic carbocycles. The number of aliphatic carboxylic acids is 1. The van der Waals surface area contributed by atoms with Gasteiger partial charge in [0.15, 0.2) is 5.82 Å². The largest absolute Gasteiger partial charge is 0.481 e. The predicted octanol–water partition coefficient (Wildman–Crippen LogP) is 2.76. The molecule has 0 aliphatic rings. The molecule has 1 aromatic rings. The Morgan fingerprint density at radius 1 is 1.53 bits per heavy atom. The minimum absolute atomic E-state index is 0.0539. The van der Waals surface area contributed by atoms with Gasteiger partial charge in [0.05, 0.1) is 10.7 Å². The second-order valence-electron chi connectivity index (χ2n) is 3.03. The topological polar surface area (TPSA) is 49.3 Å². The molecule has 0 atom stereocenters. The maximum Gasteiger partial charge on any atom is 0.303 e. The molecule has 0 amide bonds. The molecular weight excluding hydrogens is 221 g/mol. The fourth-order valence-corrected chi connectivity index (χ4v) is 1.28. The first-order valence-corrected chi connectivity index (χ1v) is 4.88. The standard InChI is InChI=1S/C10H11ClFNO2/c11-7-3-1-4-8(10(7)12)13-6-2-5-9(14)15/h1,3-4,13H,2,5-6H2,(H,14,15). The molecule has 0 fully saturated rings. The van der Waals surface area contributed by atoms with Gasteiger partial charge >= 0.3 is 5.97 Å². The SMILES string of the molecule is O=C(O)CCCNc1cccc(Cl)c1F. The number of nitrogens with one attached hydrogen (secondary N) is 1. The summed E-state index contributed by atoms with van der Waals surface area (Å²) in [4.78, 5) is 10.2. The fourth-order valence-electron chi connectivity index (χ4n) is 1.10. The Hall–Kier alpha value is -1.29. The van der Waals surface area contributed by atoms with Gasteiger partial charge in [-0.25, -0.2) is 4.39 Å². The van der Waals surface area contributed by atoms with Gasteiger partial charge in [0.2, 0.25) is 0 Å². The van der Waals surface area contributed by atoms with Crippen LogP contribution >= 0.6 is 11.6 Å². The lowest BCUT2D eigenvalue weighted by Crippen LogP contribution is -2.06. The first kappa shape index (κ1) is 11.8. The van der Waals surface area contributed by atoms with E-state index in [4.69, 9.17) is 16.7 Å². The molecule has 5 heteroatoms. The zero-order chi connectivity index (χ0) is 11.3. The van der Waals surface area contributed by atoms with E-state index in [1.54, 1.807) is 12.1 Å². The highest BCUT2D eigenvalue weighted by Gasteiger charge is 2.05. The van der Waals surface area contributed by atoms with Gasteiger partial charge < -0.3 is 10.4 Å². The molecule has 3 nitrogen and oxygen atoms in total. The molecule has 0 saturated heterocycles. The molecule has 0 unspecified atom stereocenters. The summed E-state index contributed by atoms with van der Waals surface area (Å²) in [5.41, 5.74) is 0.299. The van der Waals surface area contributed by atoms with Crippen molar-refractivity contribution in [1.82, 2.24) is 0 Å². The summed E-state index contributed by atoms with van der Waals surface area (Å²) >= 11 is 5.57. The van der Waals surface area contributed by atoms with Crippen LogP contribution in [0.3, 0.4) is 0 Å². The molecule has 2 N–H and O–H groups in total. The van der Waals surface area contributed by atoms with Gasteiger partial charge in [-0.1, -0.05) is 17.7 Å². The third kappa shape index (κ3) is 3.75. The summed E-state index contributed by atoms with van der Waals surface area (Å²) in [6.07, 6.45) is 0.510. The van der Waals surface area contributed by atoms with Crippen LogP contribution in [0.25, 0.3) is 0 Å². The van der Waals surface area contributed by atoms with Crippen LogP contribution < -0.4 is 5.32 Å². The number of carboxylic acid groups (broad SMARTS) is 1. The Bertz CT molecular complexity index is 357. The number of carbonyl (C=O) groups is 1. The molecule has 0 heterocycles. The van der Waals surface area contributed by atoms with Crippen molar-refractivity contribution in [3.63, 3.8) is 0 Å². The lowest BCUT2D eigenvalue weighted by Gasteiger charge is -2.07. The molecule has 0 saturated carbocycles. The highest BCUT2D eigenvalue weighted by atomic mass is 35.5. The van der Waals surface area contributed by atoms with Crippen molar-refractivity contribution in [1.29, 1.82) is 0 Å². The van der Waals surface area contributed by atoms with Gasteiger partial charge in [-0.3, -0.25) is 4.79 Å². The van der Waals surface area contributed by atoms with Gasteiger partial charge in [0.25, 0.3) is 0 Å². The van der Waals surface area contributed by atoms with Crippen LogP contribution in [0.5, 0.6) is 0 Å². The van der Waals surface area contributed by atoms with Crippen LogP contribution in [0, 0.1) is 5.82 Å². The number of benzene rings is 1. The van der Waals surface area contributed by atoms with Gasteiger partial charge in [0, 0.05) is 13.0 Å². The molecular formula is C10H11ClFNO2. The normalized spacial score (nSPS) is 10.0. The lowest BCUT2D eigenvalue weighted by atomic mass is 10.2. The minimum atomic E-state index is -0.858. The smallest absolute Gasteiger partial charge is 0.303 e. The summed E-state index contributed by atoms with van der Waals surface area (Å²) in [7, 11) is 0. The number of anilines is 1. The number of hydrogen-bond acceptors (Lipinski definition) is 2. The third-order valence-corrected chi connectivity index (χ3v) is 2.13. The summed E-state index contributed by atoms with van der Waals surface area (Å²) in [5, 5.41) is 11.2. The average molecular weight is 232 g/mol. The van der Waals surface area contributed by atoms with Crippen molar-refractivity contribution in [2.24, 2.45) is 0 Å². The maximum absolute atomic E-state index is 13.3. The van der Waals surface area contributed by atoms with E-state index in [-0.39, 0.29) is 11.4 Å². The van der Waals surface area contributed by atoms with Crippen LogP contribution in [0.1, 0.15) is 12.8 Å². The average Bonchev–Trinajstić information content (AvgIpc) is 2.18. The van der Waals surface area contributed by atoms with Crippen molar-refractivity contribution in [2.45, 2.75) is 12.8 Å². The van der Waals surface area contributed by atoms with Crippen LogP contribution in [-0.2, 0) is 4.79 Å². The van der Waals surface area contributed by atoms with Crippen LogP contribution in [0.4, 0.5) is 10.1 Å². The number of rotatable bonds is 5. The summed E-state index contributed by atoms with van der Waals surface area (Å²) in [6.45, 7) is 0.406. The zero-order valence-electron chi connectivity index (χ0n) is 7.96. The highest BCUT2D eigenvalue weighted by Crippen LogP contribution is 2.21. The molecule has 0 bridgehead atoms. The monoisotopic (exact) mass is 231 g/mol. The van der Waals surface area contributed by atoms with E-state index >= 15 is 0 Å². The quantitative estimate of drug-likeness (QED) is 0.766. The van der Waals surface area contributed by atoms with E-state index < -0.39 is 11.8 Å². The Balaban J connectivity index is 2.44. The molecule has 0 radical (unpaired) electrons. The van der Waals surface area contributed by atoms with Gasteiger partial charge in [-0.05, 0) is 18.6 Å². The van der Waals surface area contributed by atoms with E-state index in [1.807, 2.05) is 0 Å². The Morgan fingerprint density at radius 2 is 2.27 bits per heavy atom. The van der Waals surface area contributed by atoms with Crippen molar-refractivity contribution in [2.75, 3.05) is 11.9 Å². The fraction of sp³-hybridized carbons (Fsp3) is 0.300. The van der Waals surface area contributed by atoms with Crippen molar-refractivity contribution < 1.29 is 14.3 Å². The molecule has 82 valence electrons. The van der Waals surface area contributed by atoms with Crippen LogP contribution in [-0.4, -0.2) is 17.6 Å². The van der Waals surface area contributed by atoms with Crippen molar-refractivity contribution in [3.05, 3.63) is 29.0 Å². The molecule has 1 rings (SSSR count). The second-order valence-corrected chi connectivity index (χ2v) is 3.43. The Kier molecular flexibility index (Phi) is 4.37. The van der Waals surface area contributed by atoms with Gasteiger partial charge in [-0.2, -0.15) is 0 Å². The minimum Gasteiger partial charge on any atom is -0.481 e. The molecule has 0 spiro atoms. The number of carboxylic acids is 1. The van der Waals surface area contributed by atoms with E-state index in [0.717, 1.165) is 0 Å². The van der Waals surface area contributed by atoms with Crippen LogP contribution in [0.2, 0.25) is 5.02 Å². The molecule has 0 aromatic heterocycles.